The van der Waals surface area contributed by atoms with Crippen LogP contribution in [-0.2, 0) is 4.79 Å². The van der Waals surface area contributed by atoms with E-state index in [-0.39, 0.29) is 18.4 Å². The van der Waals surface area contributed by atoms with Gasteiger partial charge < -0.3 is 16.0 Å². The zero-order valence-electron chi connectivity index (χ0n) is 14.7. The van der Waals surface area contributed by atoms with Crippen LogP contribution < -0.4 is 16.0 Å². The third-order valence-electron chi connectivity index (χ3n) is 3.85. The first-order valence-electron chi connectivity index (χ1n) is 8.47. The van der Waals surface area contributed by atoms with E-state index in [0.29, 0.717) is 32.7 Å². The van der Waals surface area contributed by atoms with Gasteiger partial charge in [-0.25, -0.2) is 0 Å². The molecule has 0 spiro atoms. The Hall–Kier alpha value is -3.02. The fourth-order valence-electron chi connectivity index (χ4n) is 2.49. The van der Waals surface area contributed by atoms with Gasteiger partial charge in [0, 0.05) is 10.6 Å². The van der Waals surface area contributed by atoms with Crippen molar-refractivity contribution in [2.45, 2.75) is 0 Å². The molecule has 0 atom stereocenters. The van der Waals surface area contributed by atoms with Gasteiger partial charge in [-0.1, -0.05) is 53.5 Å². The van der Waals surface area contributed by atoms with E-state index < -0.39 is 0 Å². The molecule has 0 unspecified atom stereocenters. The highest BCUT2D eigenvalue weighted by Gasteiger charge is 2.10. The lowest BCUT2D eigenvalue weighted by atomic mass is 10.2. The van der Waals surface area contributed by atoms with E-state index in [4.69, 9.17) is 23.2 Å². The molecule has 142 valence electrons. The second-order valence-electron chi connectivity index (χ2n) is 5.89. The fraction of sp³-hybridized carbons (Fsp3) is 0.0476. The Bertz CT molecular complexity index is 994. The van der Waals surface area contributed by atoms with E-state index in [9.17, 15) is 9.59 Å². The van der Waals surface area contributed by atoms with Gasteiger partial charge in [-0.05, 0) is 42.5 Å². The molecule has 0 radical (unpaired) electrons. The van der Waals surface area contributed by atoms with Gasteiger partial charge >= 0.3 is 0 Å². The predicted octanol–water partition coefficient (Wildman–Crippen LogP) is 5.30. The number of nitrogens with one attached hydrogen (secondary N) is 3. The normalized spacial score (nSPS) is 10.2. The summed E-state index contributed by atoms with van der Waals surface area (Å²) in [6, 6.07) is 20.9. The minimum Gasteiger partial charge on any atom is -0.374 e. The number of amides is 2. The number of carbonyl (C=O) groups excluding carboxylic acids is 2. The van der Waals surface area contributed by atoms with E-state index >= 15 is 0 Å². The van der Waals surface area contributed by atoms with Crippen molar-refractivity contribution in [2.75, 3.05) is 22.5 Å². The molecular weight excluding hydrogens is 397 g/mol. The lowest BCUT2D eigenvalue weighted by Gasteiger charge is -2.13. The van der Waals surface area contributed by atoms with Crippen LogP contribution in [0.15, 0.2) is 72.8 Å². The van der Waals surface area contributed by atoms with Crippen molar-refractivity contribution in [3.05, 3.63) is 88.4 Å². The van der Waals surface area contributed by atoms with Crippen LogP contribution in [0.1, 0.15) is 10.4 Å². The second-order valence-corrected chi connectivity index (χ2v) is 6.74. The van der Waals surface area contributed by atoms with Crippen molar-refractivity contribution in [1.82, 2.24) is 0 Å². The lowest BCUT2D eigenvalue weighted by Crippen LogP contribution is -2.22. The van der Waals surface area contributed by atoms with E-state index in [0.717, 1.165) is 0 Å². The van der Waals surface area contributed by atoms with Gasteiger partial charge in [0.2, 0.25) is 5.91 Å². The minimum absolute atomic E-state index is 0.0128. The quantitative estimate of drug-likeness (QED) is 0.513. The Morgan fingerprint density at radius 1 is 0.750 bits per heavy atom. The van der Waals surface area contributed by atoms with Crippen LogP contribution in [0.25, 0.3) is 0 Å². The van der Waals surface area contributed by atoms with Gasteiger partial charge in [0.1, 0.15) is 0 Å². The highest BCUT2D eigenvalue weighted by atomic mass is 35.5. The van der Waals surface area contributed by atoms with Crippen molar-refractivity contribution in [1.29, 1.82) is 0 Å². The van der Waals surface area contributed by atoms with Gasteiger partial charge in [-0.15, -0.1) is 0 Å². The first-order chi connectivity index (χ1) is 13.5. The molecule has 0 bridgehead atoms. The van der Waals surface area contributed by atoms with E-state index in [1.807, 2.05) is 12.1 Å². The van der Waals surface area contributed by atoms with E-state index in [1.165, 1.54) is 0 Å². The van der Waals surface area contributed by atoms with Crippen LogP contribution in [0.3, 0.4) is 0 Å². The van der Waals surface area contributed by atoms with Gasteiger partial charge in [0.15, 0.2) is 0 Å². The largest absolute Gasteiger partial charge is 0.374 e. The summed E-state index contributed by atoms with van der Waals surface area (Å²) in [6.07, 6.45) is 0. The molecule has 0 saturated carbocycles. The number of halogens is 2. The van der Waals surface area contributed by atoms with E-state index in [2.05, 4.69) is 16.0 Å². The number of benzene rings is 3. The summed E-state index contributed by atoms with van der Waals surface area (Å²) in [5.74, 6) is -0.529. The molecule has 5 nitrogen and oxygen atoms in total. The third-order valence-corrected chi connectivity index (χ3v) is 4.42. The van der Waals surface area contributed by atoms with Gasteiger partial charge in [0.25, 0.3) is 5.91 Å². The van der Waals surface area contributed by atoms with Gasteiger partial charge in [0.05, 0.1) is 28.6 Å². The standard InChI is InChI=1S/C21H17Cl2N3O2/c22-15-10-11-16(23)19(12-15)25-20(27)13-24-17-8-4-5-9-18(17)26-21(28)14-6-2-1-3-7-14/h1-12,24H,13H2,(H,25,27)(H,26,28). The third kappa shape index (κ3) is 5.25. The maximum atomic E-state index is 12.4. The first-order valence-corrected chi connectivity index (χ1v) is 9.23. The highest BCUT2D eigenvalue weighted by molar-refractivity contribution is 6.35. The summed E-state index contributed by atoms with van der Waals surface area (Å²) in [4.78, 5) is 24.6. The molecule has 3 N–H and O–H groups in total. The zero-order chi connectivity index (χ0) is 19.9. The number of hydrogen-bond donors (Lipinski definition) is 3. The summed E-state index contributed by atoms with van der Waals surface area (Å²) in [7, 11) is 0. The van der Waals surface area contributed by atoms with Gasteiger partial charge in [-0.2, -0.15) is 0 Å². The Morgan fingerprint density at radius 3 is 2.18 bits per heavy atom. The molecular formula is C21H17Cl2N3O2. The summed E-state index contributed by atoms with van der Waals surface area (Å²) >= 11 is 12.0. The maximum Gasteiger partial charge on any atom is 0.255 e. The Kier molecular flexibility index (Phi) is 6.53. The molecule has 28 heavy (non-hydrogen) atoms. The van der Waals surface area contributed by atoms with E-state index in [1.54, 1.807) is 60.7 Å². The molecule has 3 aromatic rings. The summed E-state index contributed by atoms with van der Waals surface area (Å²) in [5, 5.41) is 9.44. The monoisotopic (exact) mass is 413 g/mol. The Labute approximate surface area is 172 Å². The molecule has 3 aromatic carbocycles. The molecule has 3 rings (SSSR count). The molecule has 0 fully saturated rings. The topological polar surface area (TPSA) is 70.2 Å². The zero-order valence-corrected chi connectivity index (χ0v) is 16.2. The van der Waals surface area contributed by atoms with Crippen LogP contribution in [0, 0.1) is 0 Å². The van der Waals surface area contributed by atoms with Crippen LogP contribution in [0.5, 0.6) is 0 Å². The summed E-state index contributed by atoms with van der Waals surface area (Å²) in [6.45, 7) is -0.0128. The average Bonchev–Trinajstić information content (AvgIpc) is 2.71. The predicted molar refractivity (Wildman–Crippen MR) is 114 cm³/mol. The molecule has 0 heterocycles. The van der Waals surface area contributed by atoms with Crippen LogP contribution >= 0.6 is 23.2 Å². The second kappa shape index (κ2) is 9.26. The van der Waals surface area contributed by atoms with Crippen molar-refractivity contribution < 1.29 is 9.59 Å². The number of anilines is 3. The summed E-state index contributed by atoms with van der Waals surface area (Å²) in [5.41, 5.74) is 2.18. The SMILES string of the molecule is O=C(CNc1ccccc1NC(=O)c1ccccc1)Nc1cc(Cl)ccc1Cl. The molecule has 0 saturated heterocycles. The van der Waals surface area contributed by atoms with Crippen LogP contribution in [0.2, 0.25) is 10.0 Å². The number of hydrogen-bond acceptors (Lipinski definition) is 3. The maximum absolute atomic E-state index is 12.4. The molecule has 0 aliphatic heterocycles. The molecule has 0 aliphatic carbocycles. The molecule has 7 heteroatoms. The number of para-hydroxylation sites is 2. The number of carbonyl (C=O) groups is 2. The summed E-state index contributed by atoms with van der Waals surface area (Å²) < 4.78 is 0. The smallest absolute Gasteiger partial charge is 0.255 e. The van der Waals surface area contributed by atoms with Gasteiger partial charge in [-0.3, -0.25) is 9.59 Å². The highest BCUT2D eigenvalue weighted by Crippen LogP contribution is 2.25. The average molecular weight is 414 g/mol. The Balaban J connectivity index is 1.64. The fourth-order valence-corrected chi connectivity index (χ4v) is 2.83. The van der Waals surface area contributed by atoms with Crippen molar-refractivity contribution in [2.24, 2.45) is 0 Å². The van der Waals surface area contributed by atoms with Crippen LogP contribution in [0.4, 0.5) is 17.1 Å². The van der Waals surface area contributed by atoms with Crippen LogP contribution in [-0.4, -0.2) is 18.4 Å². The molecule has 2 amide bonds. The first kappa shape index (κ1) is 19.7. The number of rotatable bonds is 6. The minimum atomic E-state index is -0.298. The Morgan fingerprint density at radius 2 is 1.43 bits per heavy atom. The molecule has 0 aliphatic rings. The molecule has 0 aromatic heterocycles. The van der Waals surface area contributed by atoms with Crippen molar-refractivity contribution in [3.8, 4) is 0 Å². The van der Waals surface area contributed by atoms with Crippen molar-refractivity contribution in [3.63, 3.8) is 0 Å². The van der Waals surface area contributed by atoms with Crippen molar-refractivity contribution >= 4 is 52.1 Å². The lowest BCUT2D eigenvalue weighted by molar-refractivity contribution is -0.114.